The zero-order valence-electron chi connectivity index (χ0n) is 11.9. The molecule has 0 aliphatic rings. The highest BCUT2D eigenvalue weighted by molar-refractivity contribution is 6.33. The number of ether oxygens (including phenoxy) is 1. The number of aromatic amines is 1. The van der Waals surface area contributed by atoms with Crippen LogP contribution in [-0.4, -0.2) is 38.3 Å². The number of rotatable bonds is 6. The number of nitriles is 1. The fourth-order valence-corrected chi connectivity index (χ4v) is 1.90. The van der Waals surface area contributed by atoms with Crippen LogP contribution in [0.15, 0.2) is 18.3 Å². The van der Waals surface area contributed by atoms with E-state index in [0.29, 0.717) is 12.3 Å². The van der Waals surface area contributed by atoms with Gasteiger partial charge in [0, 0.05) is 12.3 Å². The van der Waals surface area contributed by atoms with Crippen LogP contribution in [0.3, 0.4) is 0 Å². The fraction of sp³-hybridized carbons (Fsp3) is 0.154. The van der Waals surface area contributed by atoms with Gasteiger partial charge in [-0.1, -0.05) is 11.6 Å². The van der Waals surface area contributed by atoms with Gasteiger partial charge in [-0.15, -0.1) is 10.2 Å². The molecule has 0 fully saturated rings. The molecule has 118 valence electrons. The van der Waals surface area contributed by atoms with Gasteiger partial charge in [0.2, 0.25) is 5.82 Å². The number of aromatic nitrogens is 4. The quantitative estimate of drug-likeness (QED) is 0.681. The van der Waals surface area contributed by atoms with Crippen molar-refractivity contribution >= 4 is 28.8 Å². The zero-order chi connectivity index (χ0) is 16.8. The minimum atomic E-state index is -1.15. The summed E-state index contributed by atoms with van der Waals surface area (Å²) in [5.74, 6) is -0.872. The van der Waals surface area contributed by atoms with E-state index in [9.17, 15) is 4.79 Å². The molecule has 0 atom stereocenters. The molecule has 0 spiro atoms. The maximum Gasteiger partial charge on any atom is 0.339 e. The van der Waals surface area contributed by atoms with E-state index in [0.717, 1.165) is 0 Å². The molecule has 0 aliphatic heterocycles. The average Bonchev–Trinajstić information content (AvgIpc) is 3.04. The van der Waals surface area contributed by atoms with Gasteiger partial charge in [0.15, 0.2) is 0 Å². The van der Waals surface area contributed by atoms with E-state index in [1.807, 2.05) is 6.07 Å². The molecule has 1 aromatic carbocycles. The van der Waals surface area contributed by atoms with E-state index in [-0.39, 0.29) is 27.7 Å². The average molecular weight is 335 g/mol. The molecule has 0 unspecified atom stereocenters. The third kappa shape index (κ3) is 3.75. The zero-order valence-corrected chi connectivity index (χ0v) is 12.6. The number of tetrazole rings is 1. The van der Waals surface area contributed by atoms with Crippen molar-refractivity contribution in [2.75, 3.05) is 11.9 Å². The first kappa shape index (κ1) is 16.3. The van der Waals surface area contributed by atoms with Crippen molar-refractivity contribution in [3.8, 4) is 11.8 Å². The summed E-state index contributed by atoms with van der Waals surface area (Å²) in [4.78, 5) is 11.2. The predicted octanol–water partition coefficient (Wildman–Crippen LogP) is 1.93. The van der Waals surface area contributed by atoms with Gasteiger partial charge in [-0.3, -0.25) is 0 Å². The second kappa shape index (κ2) is 7.24. The molecule has 0 saturated heterocycles. The number of aromatic carboxylic acids is 1. The number of benzene rings is 1. The number of allylic oxidation sites excluding steroid dienone is 1. The molecule has 3 N–H and O–H groups in total. The third-order valence-corrected chi connectivity index (χ3v) is 2.99. The standard InChI is InChI=1S/C13H11ClN6O3/c1-2-23-11-4-10(9(14)3-8(11)13(21)22)16-6-7(5-15)12-17-19-20-18-12/h3-4,6,16H,2H2,1H3,(H,21,22)(H,17,18,19,20). The first-order valence-corrected chi connectivity index (χ1v) is 6.74. The molecule has 1 aromatic heterocycles. The topological polar surface area (TPSA) is 137 Å². The molecule has 0 radical (unpaired) electrons. The molecule has 2 rings (SSSR count). The molecular weight excluding hydrogens is 324 g/mol. The van der Waals surface area contributed by atoms with Crippen LogP contribution < -0.4 is 10.1 Å². The van der Waals surface area contributed by atoms with Crippen molar-refractivity contribution < 1.29 is 14.6 Å². The van der Waals surface area contributed by atoms with Crippen molar-refractivity contribution in [3.63, 3.8) is 0 Å². The van der Waals surface area contributed by atoms with Gasteiger partial charge in [0.05, 0.1) is 17.3 Å². The number of hydrogen-bond donors (Lipinski definition) is 3. The number of H-pyrrole nitrogens is 1. The van der Waals surface area contributed by atoms with Crippen LogP contribution in [-0.2, 0) is 0 Å². The highest BCUT2D eigenvalue weighted by atomic mass is 35.5. The van der Waals surface area contributed by atoms with Gasteiger partial charge in [0.25, 0.3) is 0 Å². The number of carbonyl (C=O) groups is 1. The Hall–Kier alpha value is -3.12. The van der Waals surface area contributed by atoms with Crippen molar-refractivity contribution in [2.45, 2.75) is 6.92 Å². The SMILES string of the molecule is CCOc1cc(NC=C(C#N)c2nn[nH]n2)c(Cl)cc1C(=O)O. The van der Waals surface area contributed by atoms with Gasteiger partial charge in [0.1, 0.15) is 23.0 Å². The first-order chi connectivity index (χ1) is 11.1. The van der Waals surface area contributed by atoms with Crippen LogP contribution in [0.5, 0.6) is 5.75 Å². The Morgan fingerprint density at radius 3 is 2.96 bits per heavy atom. The Labute approximate surface area is 135 Å². The fourth-order valence-electron chi connectivity index (χ4n) is 1.68. The van der Waals surface area contributed by atoms with Gasteiger partial charge in [-0.2, -0.15) is 10.5 Å². The molecule has 0 aliphatic carbocycles. The Kier molecular flexibility index (Phi) is 5.11. The highest BCUT2D eigenvalue weighted by Gasteiger charge is 2.15. The molecule has 9 nitrogen and oxygen atoms in total. The van der Waals surface area contributed by atoms with Gasteiger partial charge < -0.3 is 15.2 Å². The van der Waals surface area contributed by atoms with Crippen molar-refractivity contribution in [2.24, 2.45) is 0 Å². The summed E-state index contributed by atoms with van der Waals surface area (Å²) in [6, 6.07) is 4.62. The number of carboxylic acids is 1. The molecule has 2 aromatic rings. The van der Waals surface area contributed by atoms with Gasteiger partial charge in [-0.25, -0.2) is 4.79 Å². The van der Waals surface area contributed by atoms with Crippen LogP contribution in [0, 0.1) is 11.3 Å². The van der Waals surface area contributed by atoms with Crippen LogP contribution >= 0.6 is 11.6 Å². The number of hydrogen-bond acceptors (Lipinski definition) is 7. The lowest BCUT2D eigenvalue weighted by Crippen LogP contribution is -2.04. The third-order valence-electron chi connectivity index (χ3n) is 2.68. The summed E-state index contributed by atoms with van der Waals surface area (Å²) in [5.41, 5.74) is 0.441. The molecule has 0 saturated carbocycles. The molecule has 0 bridgehead atoms. The molecule has 0 amide bonds. The van der Waals surface area contributed by atoms with E-state index >= 15 is 0 Å². The number of nitrogens with zero attached hydrogens (tertiary/aromatic N) is 4. The van der Waals surface area contributed by atoms with Crippen molar-refractivity contribution in [3.05, 3.63) is 34.7 Å². The van der Waals surface area contributed by atoms with E-state index in [1.54, 1.807) is 6.92 Å². The lowest BCUT2D eigenvalue weighted by molar-refractivity contribution is 0.0692. The number of carboxylic acid groups (broad SMARTS) is 1. The van der Waals surface area contributed by atoms with Crippen LogP contribution in [0.25, 0.3) is 5.57 Å². The summed E-state index contributed by atoms with van der Waals surface area (Å²) in [7, 11) is 0. The predicted molar refractivity (Wildman–Crippen MR) is 81.0 cm³/mol. The van der Waals surface area contributed by atoms with E-state index < -0.39 is 5.97 Å². The second-order valence-electron chi connectivity index (χ2n) is 4.12. The first-order valence-electron chi connectivity index (χ1n) is 6.37. The Balaban J connectivity index is 2.35. The maximum absolute atomic E-state index is 11.2. The molecule has 1 heterocycles. The lowest BCUT2D eigenvalue weighted by Gasteiger charge is -2.11. The van der Waals surface area contributed by atoms with E-state index in [2.05, 4.69) is 25.9 Å². The summed E-state index contributed by atoms with van der Waals surface area (Å²) in [6.07, 6.45) is 1.34. The van der Waals surface area contributed by atoms with Crippen LogP contribution in [0.4, 0.5) is 5.69 Å². The van der Waals surface area contributed by atoms with E-state index in [4.69, 9.17) is 26.7 Å². The number of halogens is 1. The van der Waals surface area contributed by atoms with Crippen LogP contribution in [0.1, 0.15) is 23.1 Å². The molecule has 23 heavy (non-hydrogen) atoms. The second-order valence-corrected chi connectivity index (χ2v) is 4.52. The Morgan fingerprint density at radius 1 is 1.61 bits per heavy atom. The summed E-state index contributed by atoms with van der Waals surface area (Å²) in [5, 5.41) is 34.2. The minimum absolute atomic E-state index is 0.0509. The minimum Gasteiger partial charge on any atom is -0.493 e. The van der Waals surface area contributed by atoms with Crippen molar-refractivity contribution in [1.82, 2.24) is 20.6 Å². The van der Waals surface area contributed by atoms with Crippen LogP contribution in [0.2, 0.25) is 5.02 Å². The molecule has 10 heteroatoms. The monoisotopic (exact) mass is 334 g/mol. The largest absolute Gasteiger partial charge is 0.493 e. The Morgan fingerprint density at radius 2 is 2.39 bits per heavy atom. The van der Waals surface area contributed by atoms with Gasteiger partial charge >= 0.3 is 5.97 Å². The maximum atomic E-state index is 11.2. The Bertz CT molecular complexity index is 782. The smallest absolute Gasteiger partial charge is 0.339 e. The summed E-state index contributed by atoms with van der Waals surface area (Å²) in [6.45, 7) is 2.03. The number of nitrogens with one attached hydrogen (secondary N) is 2. The van der Waals surface area contributed by atoms with Crippen molar-refractivity contribution in [1.29, 1.82) is 5.26 Å². The number of anilines is 1. The van der Waals surface area contributed by atoms with E-state index in [1.165, 1.54) is 18.3 Å². The normalized spacial score (nSPS) is 10.9. The summed E-state index contributed by atoms with van der Waals surface area (Å²) < 4.78 is 5.29. The lowest BCUT2D eigenvalue weighted by atomic mass is 10.1. The molecular formula is C13H11ClN6O3. The van der Waals surface area contributed by atoms with Gasteiger partial charge in [-0.05, 0) is 18.2 Å². The highest BCUT2D eigenvalue weighted by Crippen LogP contribution is 2.31. The summed E-state index contributed by atoms with van der Waals surface area (Å²) >= 11 is 6.05.